The van der Waals surface area contributed by atoms with Crippen molar-refractivity contribution in [3.05, 3.63) is 58.9 Å². The quantitative estimate of drug-likeness (QED) is 0.568. The summed E-state index contributed by atoms with van der Waals surface area (Å²) >= 11 is 10.9. The summed E-state index contributed by atoms with van der Waals surface area (Å²) in [5.74, 6) is -0.851. The van der Waals surface area contributed by atoms with Crippen LogP contribution in [0.4, 0.5) is 28.9 Å². The predicted octanol–water partition coefficient (Wildman–Crippen LogP) is 5.31. The molecule has 2 aromatic rings. The minimum atomic E-state index is -4.57. The summed E-state index contributed by atoms with van der Waals surface area (Å²) in [6, 6.07) is 8.67. The molecule has 0 radical (unpaired) electrons. The molecule has 0 heterocycles. The number of anilines is 2. The average Bonchev–Trinajstić information content (AvgIpc) is 2.42. The van der Waals surface area contributed by atoms with Gasteiger partial charge in [-0.3, -0.25) is 0 Å². The van der Waals surface area contributed by atoms with Gasteiger partial charge >= 0.3 is 6.18 Å². The molecule has 2 rings (SSSR count). The fourth-order valence-electron chi connectivity index (χ4n) is 1.64. The van der Waals surface area contributed by atoms with E-state index in [2.05, 4.69) is 10.6 Å². The summed E-state index contributed by atoms with van der Waals surface area (Å²) in [5, 5.41) is 5.36. The number of hydrogen-bond acceptors (Lipinski definition) is 1. The molecule has 0 aliphatic carbocycles. The van der Waals surface area contributed by atoms with Gasteiger partial charge in [0.15, 0.2) is 5.11 Å². The molecule has 0 atom stereocenters. The Balaban J connectivity index is 2.17. The molecule has 0 saturated carbocycles. The number of nitrogens with one attached hydrogen (secondary N) is 2. The molecule has 2 N–H and O–H groups in total. The third-order valence-corrected chi connectivity index (χ3v) is 3.20. The van der Waals surface area contributed by atoms with Gasteiger partial charge in [0.2, 0.25) is 0 Å². The van der Waals surface area contributed by atoms with Crippen molar-refractivity contribution in [3.8, 4) is 0 Å². The van der Waals surface area contributed by atoms with Gasteiger partial charge in [-0.2, -0.15) is 13.2 Å². The standard InChI is InChI=1S/C14H9ClF4N2S/c15-9-3-1-2-4-11(9)20-13(22)21-12-7-8(14(17,18)19)5-6-10(12)16/h1-7H,(H2,20,21,22). The van der Waals surface area contributed by atoms with Crippen LogP contribution in [0.15, 0.2) is 42.5 Å². The highest BCUT2D eigenvalue weighted by atomic mass is 35.5. The van der Waals surface area contributed by atoms with Crippen molar-refractivity contribution in [1.82, 2.24) is 0 Å². The zero-order valence-electron chi connectivity index (χ0n) is 10.8. The van der Waals surface area contributed by atoms with Crippen LogP contribution in [0.5, 0.6) is 0 Å². The first-order chi connectivity index (χ1) is 10.3. The van der Waals surface area contributed by atoms with Crippen molar-refractivity contribution in [1.29, 1.82) is 0 Å². The van der Waals surface area contributed by atoms with Gasteiger partial charge in [0, 0.05) is 0 Å². The summed E-state index contributed by atoms with van der Waals surface area (Å²) in [6.07, 6.45) is -4.57. The lowest BCUT2D eigenvalue weighted by atomic mass is 10.2. The zero-order chi connectivity index (χ0) is 16.3. The molecule has 22 heavy (non-hydrogen) atoms. The van der Waals surface area contributed by atoms with E-state index < -0.39 is 17.6 Å². The van der Waals surface area contributed by atoms with E-state index >= 15 is 0 Å². The fraction of sp³-hybridized carbons (Fsp3) is 0.0714. The maximum atomic E-state index is 13.6. The van der Waals surface area contributed by atoms with E-state index in [1.807, 2.05) is 0 Å². The number of rotatable bonds is 2. The van der Waals surface area contributed by atoms with Gasteiger partial charge in [0.25, 0.3) is 0 Å². The van der Waals surface area contributed by atoms with E-state index in [1.165, 1.54) is 0 Å². The molecule has 2 nitrogen and oxygen atoms in total. The van der Waals surface area contributed by atoms with Crippen molar-refractivity contribution >= 4 is 40.3 Å². The van der Waals surface area contributed by atoms with E-state index in [-0.39, 0.29) is 10.8 Å². The topological polar surface area (TPSA) is 24.1 Å². The van der Waals surface area contributed by atoms with Crippen LogP contribution in [0, 0.1) is 5.82 Å². The zero-order valence-corrected chi connectivity index (χ0v) is 12.4. The number of thiocarbonyl (C=S) groups is 1. The Morgan fingerprint density at radius 3 is 2.27 bits per heavy atom. The number of halogens is 5. The summed E-state index contributed by atoms with van der Waals surface area (Å²) in [7, 11) is 0. The molecular formula is C14H9ClF4N2S. The van der Waals surface area contributed by atoms with Gasteiger partial charge in [0.05, 0.1) is 22.0 Å². The fourth-order valence-corrected chi connectivity index (χ4v) is 2.04. The van der Waals surface area contributed by atoms with Crippen LogP contribution in [-0.2, 0) is 6.18 Å². The normalized spacial score (nSPS) is 11.1. The number of alkyl halides is 3. The van der Waals surface area contributed by atoms with Gasteiger partial charge in [-0.05, 0) is 42.5 Å². The average molecular weight is 349 g/mol. The van der Waals surface area contributed by atoms with Crippen molar-refractivity contribution < 1.29 is 17.6 Å². The molecule has 0 fully saturated rings. The van der Waals surface area contributed by atoms with E-state index in [9.17, 15) is 17.6 Å². The molecule has 2 aromatic carbocycles. The summed E-state index contributed by atoms with van der Waals surface area (Å²) in [4.78, 5) is 0. The molecule has 0 aliphatic rings. The third kappa shape index (κ3) is 4.08. The molecule has 0 bridgehead atoms. The highest BCUT2D eigenvalue weighted by Gasteiger charge is 2.31. The van der Waals surface area contributed by atoms with Crippen LogP contribution in [-0.4, -0.2) is 5.11 Å². The molecule has 0 aromatic heterocycles. The molecule has 0 amide bonds. The first-order valence-electron chi connectivity index (χ1n) is 5.96. The van der Waals surface area contributed by atoms with Gasteiger partial charge < -0.3 is 10.6 Å². The molecule has 0 aliphatic heterocycles. The lowest BCUT2D eigenvalue weighted by molar-refractivity contribution is -0.137. The molecule has 0 saturated heterocycles. The Kier molecular flexibility index (Phi) is 4.87. The van der Waals surface area contributed by atoms with Crippen molar-refractivity contribution in [3.63, 3.8) is 0 Å². The van der Waals surface area contributed by atoms with Crippen LogP contribution < -0.4 is 10.6 Å². The second-order valence-electron chi connectivity index (χ2n) is 4.25. The van der Waals surface area contributed by atoms with Gasteiger partial charge in [0.1, 0.15) is 5.82 Å². The maximum Gasteiger partial charge on any atom is 0.416 e. The van der Waals surface area contributed by atoms with Crippen molar-refractivity contribution in [2.75, 3.05) is 10.6 Å². The highest BCUT2D eigenvalue weighted by molar-refractivity contribution is 7.80. The SMILES string of the molecule is Fc1ccc(C(F)(F)F)cc1NC(=S)Nc1ccccc1Cl. The minimum Gasteiger partial charge on any atom is -0.331 e. The first kappa shape index (κ1) is 16.5. The highest BCUT2D eigenvalue weighted by Crippen LogP contribution is 2.32. The first-order valence-corrected chi connectivity index (χ1v) is 6.75. The van der Waals surface area contributed by atoms with Crippen LogP contribution in [0.25, 0.3) is 0 Å². The lowest BCUT2D eigenvalue weighted by Crippen LogP contribution is -2.20. The molecule has 8 heteroatoms. The van der Waals surface area contributed by atoms with E-state index in [0.717, 1.165) is 6.07 Å². The van der Waals surface area contributed by atoms with E-state index in [0.29, 0.717) is 22.8 Å². The second kappa shape index (κ2) is 6.50. The van der Waals surface area contributed by atoms with E-state index in [1.54, 1.807) is 24.3 Å². The third-order valence-electron chi connectivity index (χ3n) is 2.66. The Labute approximate surface area is 134 Å². The molecule has 116 valence electrons. The number of para-hydroxylation sites is 1. The Morgan fingerprint density at radius 2 is 1.64 bits per heavy atom. The Morgan fingerprint density at radius 1 is 1.00 bits per heavy atom. The van der Waals surface area contributed by atoms with Crippen LogP contribution in [0.1, 0.15) is 5.56 Å². The summed E-state index contributed by atoms with van der Waals surface area (Å²) < 4.78 is 51.5. The summed E-state index contributed by atoms with van der Waals surface area (Å²) in [5.41, 5.74) is -0.898. The molecular weight excluding hydrogens is 340 g/mol. The van der Waals surface area contributed by atoms with Crippen LogP contribution in [0.2, 0.25) is 5.02 Å². The smallest absolute Gasteiger partial charge is 0.331 e. The number of hydrogen-bond donors (Lipinski definition) is 2. The minimum absolute atomic E-state index is 0.0775. The second-order valence-corrected chi connectivity index (χ2v) is 5.07. The predicted molar refractivity (Wildman–Crippen MR) is 82.7 cm³/mol. The van der Waals surface area contributed by atoms with Crippen LogP contribution >= 0.6 is 23.8 Å². The monoisotopic (exact) mass is 348 g/mol. The Hall–Kier alpha value is -1.86. The van der Waals surface area contributed by atoms with Gasteiger partial charge in [-0.1, -0.05) is 23.7 Å². The van der Waals surface area contributed by atoms with E-state index in [4.69, 9.17) is 23.8 Å². The largest absolute Gasteiger partial charge is 0.416 e. The van der Waals surface area contributed by atoms with Crippen LogP contribution in [0.3, 0.4) is 0 Å². The molecule has 0 spiro atoms. The van der Waals surface area contributed by atoms with Crippen molar-refractivity contribution in [2.45, 2.75) is 6.18 Å². The Bertz CT molecular complexity index is 703. The summed E-state index contributed by atoms with van der Waals surface area (Å²) in [6.45, 7) is 0. The van der Waals surface area contributed by atoms with Gasteiger partial charge in [-0.15, -0.1) is 0 Å². The molecule has 0 unspecified atom stereocenters. The lowest BCUT2D eigenvalue weighted by Gasteiger charge is -2.14. The van der Waals surface area contributed by atoms with Crippen molar-refractivity contribution in [2.24, 2.45) is 0 Å². The maximum absolute atomic E-state index is 13.6. The number of benzene rings is 2. The van der Waals surface area contributed by atoms with Gasteiger partial charge in [-0.25, -0.2) is 4.39 Å².